The fourth-order valence-electron chi connectivity index (χ4n) is 2.48. The van der Waals surface area contributed by atoms with Crippen LogP contribution in [0.25, 0.3) is 0 Å². The van der Waals surface area contributed by atoms with Gasteiger partial charge in [0, 0.05) is 33.4 Å². The molecule has 0 N–H and O–H groups in total. The molecule has 4 nitrogen and oxygen atoms in total. The lowest BCUT2D eigenvalue weighted by molar-refractivity contribution is -0.249. The Balaban J connectivity index is 2.91. The van der Waals surface area contributed by atoms with Crippen LogP contribution in [0.3, 0.4) is 0 Å². The Morgan fingerprint density at radius 3 is 2.42 bits per heavy atom. The van der Waals surface area contributed by atoms with Gasteiger partial charge in [-0.1, -0.05) is 0 Å². The van der Waals surface area contributed by atoms with E-state index in [0.717, 1.165) is 9.80 Å². The van der Waals surface area contributed by atoms with Crippen LogP contribution in [0.2, 0.25) is 0 Å². The van der Waals surface area contributed by atoms with Crippen molar-refractivity contribution in [2.24, 2.45) is 0 Å². The van der Waals surface area contributed by atoms with E-state index in [1.165, 1.54) is 21.1 Å². The quantitative estimate of drug-likeness (QED) is 0.663. The summed E-state index contributed by atoms with van der Waals surface area (Å²) in [5.41, 5.74) is -1.33. The molecule has 0 saturated carbocycles. The molecule has 19 heavy (non-hydrogen) atoms. The fourth-order valence-corrected chi connectivity index (χ4v) is 2.48. The molecule has 0 aromatic rings. The number of alkyl halides is 3. The molecular weight excluding hydrogens is 261 g/mol. The van der Waals surface area contributed by atoms with Gasteiger partial charge in [-0.3, -0.25) is 0 Å². The number of ether oxygens (including phenoxy) is 2. The monoisotopic (exact) mass is 284 g/mol. The SMILES string of the molecule is COCCN1C(C)CN(C(C)(CF)COC)C1(F)F. The molecule has 1 fully saturated rings. The molecule has 0 spiro atoms. The van der Waals surface area contributed by atoms with Crippen LogP contribution in [0, 0.1) is 0 Å². The largest absolute Gasteiger partial charge is 0.383 e. The van der Waals surface area contributed by atoms with Crippen LogP contribution < -0.4 is 0 Å². The van der Waals surface area contributed by atoms with Gasteiger partial charge in [-0.2, -0.15) is 8.78 Å². The van der Waals surface area contributed by atoms with Crippen LogP contribution in [-0.4, -0.2) is 74.7 Å². The van der Waals surface area contributed by atoms with Crippen molar-refractivity contribution < 1.29 is 22.6 Å². The molecule has 2 atom stereocenters. The van der Waals surface area contributed by atoms with Crippen molar-refractivity contribution >= 4 is 0 Å². The van der Waals surface area contributed by atoms with Crippen LogP contribution in [0.15, 0.2) is 0 Å². The average molecular weight is 284 g/mol. The molecule has 114 valence electrons. The third-order valence-electron chi connectivity index (χ3n) is 3.58. The summed E-state index contributed by atoms with van der Waals surface area (Å²) in [6.07, 6.45) is -3.20. The molecule has 0 radical (unpaired) electrons. The van der Waals surface area contributed by atoms with Crippen LogP contribution >= 0.6 is 0 Å². The first-order valence-corrected chi connectivity index (χ1v) is 6.29. The minimum Gasteiger partial charge on any atom is -0.383 e. The highest BCUT2D eigenvalue weighted by molar-refractivity contribution is 4.97. The standard InChI is InChI=1S/C12H23F3N2O2/c1-10-7-17(11(2,8-13)9-19-4)12(14,15)16(10)5-6-18-3/h10H,5-9H2,1-4H3. The number of hydrogen-bond donors (Lipinski definition) is 0. The van der Waals surface area contributed by atoms with E-state index in [2.05, 4.69) is 0 Å². The first-order valence-electron chi connectivity index (χ1n) is 6.29. The Bertz CT molecular complexity index is 294. The van der Waals surface area contributed by atoms with Gasteiger partial charge in [0.15, 0.2) is 0 Å². The lowest BCUT2D eigenvalue weighted by Gasteiger charge is -2.40. The average Bonchev–Trinajstić information content (AvgIpc) is 2.58. The van der Waals surface area contributed by atoms with Gasteiger partial charge >= 0.3 is 6.17 Å². The Morgan fingerprint density at radius 1 is 1.32 bits per heavy atom. The predicted octanol–water partition coefficient (Wildman–Crippen LogP) is 1.56. The molecule has 0 amide bonds. The summed E-state index contributed by atoms with van der Waals surface area (Å²) in [5, 5.41) is 0. The van der Waals surface area contributed by atoms with Crippen LogP contribution in [-0.2, 0) is 9.47 Å². The van der Waals surface area contributed by atoms with Crippen LogP contribution in [0.1, 0.15) is 13.8 Å². The summed E-state index contributed by atoms with van der Waals surface area (Å²) in [7, 11) is 2.85. The summed E-state index contributed by atoms with van der Waals surface area (Å²) in [5.74, 6) is 0. The number of halogens is 3. The molecular formula is C12H23F3N2O2. The molecule has 0 aromatic carbocycles. The third-order valence-corrected chi connectivity index (χ3v) is 3.58. The fraction of sp³-hybridized carbons (Fsp3) is 1.00. The summed E-state index contributed by atoms with van der Waals surface area (Å²) in [4.78, 5) is 1.93. The van der Waals surface area contributed by atoms with Crippen molar-refractivity contribution in [1.82, 2.24) is 9.80 Å². The van der Waals surface area contributed by atoms with Gasteiger partial charge in [0.05, 0.1) is 18.8 Å². The molecule has 0 aliphatic carbocycles. The second kappa shape index (κ2) is 6.39. The summed E-state index contributed by atoms with van der Waals surface area (Å²) < 4.78 is 51.8. The van der Waals surface area contributed by atoms with E-state index in [4.69, 9.17) is 9.47 Å². The summed E-state index contributed by atoms with van der Waals surface area (Å²) in [6, 6.07) is -0.368. The Hall–Kier alpha value is -0.370. The van der Waals surface area contributed by atoms with Gasteiger partial charge in [0.25, 0.3) is 0 Å². The third kappa shape index (κ3) is 3.21. The molecule has 2 unspecified atom stereocenters. The van der Waals surface area contributed by atoms with Gasteiger partial charge < -0.3 is 9.47 Å². The number of nitrogens with zero attached hydrogens (tertiary/aromatic N) is 2. The molecule has 1 rings (SSSR count). The van der Waals surface area contributed by atoms with E-state index in [9.17, 15) is 13.2 Å². The number of methoxy groups -OCH3 is 2. The minimum absolute atomic E-state index is 0.0794. The molecule has 1 saturated heterocycles. The normalized spacial score (nSPS) is 27.6. The summed E-state index contributed by atoms with van der Waals surface area (Å²) >= 11 is 0. The maximum Gasteiger partial charge on any atom is 0.370 e. The molecule has 1 aliphatic rings. The lowest BCUT2D eigenvalue weighted by Crippen LogP contribution is -2.59. The highest BCUT2D eigenvalue weighted by Crippen LogP contribution is 2.39. The maximum absolute atomic E-state index is 14.4. The molecule has 0 aromatic heterocycles. The van der Waals surface area contributed by atoms with Crippen molar-refractivity contribution in [2.45, 2.75) is 31.6 Å². The van der Waals surface area contributed by atoms with E-state index in [1.807, 2.05) is 0 Å². The zero-order valence-corrected chi connectivity index (χ0v) is 12.0. The number of hydrogen-bond acceptors (Lipinski definition) is 4. The highest BCUT2D eigenvalue weighted by Gasteiger charge is 2.58. The highest BCUT2D eigenvalue weighted by atomic mass is 19.3. The van der Waals surface area contributed by atoms with Crippen molar-refractivity contribution in [3.63, 3.8) is 0 Å². The number of rotatable bonds is 7. The minimum atomic E-state index is -3.20. The zero-order valence-electron chi connectivity index (χ0n) is 12.0. The Kier molecular flexibility index (Phi) is 5.61. The molecule has 1 aliphatic heterocycles. The zero-order chi connectivity index (χ0) is 14.7. The van der Waals surface area contributed by atoms with E-state index in [0.29, 0.717) is 0 Å². The molecule has 1 heterocycles. The van der Waals surface area contributed by atoms with Crippen molar-refractivity contribution in [1.29, 1.82) is 0 Å². The van der Waals surface area contributed by atoms with Gasteiger partial charge in [-0.25, -0.2) is 14.2 Å². The van der Waals surface area contributed by atoms with Gasteiger partial charge in [-0.05, 0) is 13.8 Å². The molecule has 0 bridgehead atoms. The topological polar surface area (TPSA) is 24.9 Å². The first kappa shape index (κ1) is 16.7. The smallest absolute Gasteiger partial charge is 0.370 e. The van der Waals surface area contributed by atoms with Crippen molar-refractivity contribution in [3.05, 3.63) is 0 Å². The van der Waals surface area contributed by atoms with Crippen LogP contribution in [0.4, 0.5) is 13.2 Å². The molecule has 7 heteroatoms. The van der Waals surface area contributed by atoms with E-state index in [-0.39, 0.29) is 32.3 Å². The van der Waals surface area contributed by atoms with Crippen LogP contribution in [0.5, 0.6) is 0 Å². The second-order valence-electron chi connectivity index (χ2n) is 5.22. The van der Waals surface area contributed by atoms with E-state index < -0.39 is 18.4 Å². The second-order valence-corrected chi connectivity index (χ2v) is 5.22. The van der Waals surface area contributed by atoms with Gasteiger partial charge in [0.1, 0.15) is 6.67 Å². The van der Waals surface area contributed by atoms with E-state index >= 15 is 0 Å². The maximum atomic E-state index is 14.4. The Labute approximate surface area is 112 Å². The summed E-state index contributed by atoms with van der Waals surface area (Å²) in [6.45, 7) is 2.61. The lowest BCUT2D eigenvalue weighted by atomic mass is 10.0. The van der Waals surface area contributed by atoms with E-state index in [1.54, 1.807) is 6.92 Å². The predicted molar refractivity (Wildman–Crippen MR) is 66.0 cm³/mol. The van der Waals surface area contributed by atoms with Gasteiger partial charge in [-0.15, -0.1) is 0 Å². The Morgan fingerprint density at radius 2 is 1.95 bits per heavy atom. The van der Waals surface area contributed by atoms with Gasteiger partial charge in [0.2, 0.25) is 0 Å². The van der Waals surface area contributed by atoms with Crippen molar-refractivity contribution in [3.8, 4) is 0 Å². The van der Waals surface area contributed by atoms with Crippen molar-refractivity contribution in [2.75, 3.05) is 47.2 Å². The first-order chi connectivity index (χ1) is 8.83.